The number of benzene rings is 2. The lowest BCUT2D eigenvalue weighted by atomic mass is 10.1. The maximum absolute atomic E-state index is 12.8. The molecule has 0 unspecified atom stereocenters. The van der Waals surface area contributed by atoms with Crippen LogP contribution in [0.15, 0.2) is 65.7 Å². The van der Waals surface area contributed by atoms with E-state index in [0.717, 1.165) is 28.0 Å². The molecule has 0 saturated heterocycles. The van der Waals surface area contributed by atoms with Crippen molar-refractivity contribution in [3.05, 3.63) is 82.4 Å². The van der Waals surface area contributed by atoms with Crippen molar-refractivity contribution < 1.29 is 9.53 Å². The number of aromatic nitrogens is 4. The zero-order valence-corrected chi connectivity index (χ0v) is 17.4. The number of hydrogen-bond acceptors (Lipinski definition) is 5. The number of methoxy groups -OCH3 is 1. The average Bonchev–Trinajstić information content (AvgIpc) is 3.25. The van der Waals surface area contributed by atoms with Gasteiger partial charge in [-0.05, 0) is 35.7 Å². The number of hydrogen-bond donors (Lipinski definition) is 1. The summed E-state index contributed by atoms with van der Waals surface area (Å²) in [5.74, 6) is 0.449. The third kappa shape index (κ3) is 4.48. The second-order valence-electron chi connectivity index (χ2n) is 7.13. The lowest BCUT2D eigenvalue weighted by Gasteiger charge is -2.07. The molecule has 0 bridgehead atoms. The van der Waals surface area contributed by atoms with E-state index in [1.807, 2.05) is 48.5 Å². The first-order chi connectivity index (χ1) is 15.1. The van der Waals surface area contributed by atoms with Crippen LogP contribution in [0.25, 0.3) is 16.8 Å². The zero-order valence-electron chi connectivity index (χ0n) is 17.4. The Kier molecular flexibility index (Phi) is 5.79. The van der Waals surface area contributed by atoms with Gasteiger partial charge in [-0.15, -0.1) is 0 Å². The first kappa shape index (κ1) is 20.3. The third-order valence-electron chi connectivity index (χ3n) is 5.09. The van der Waals surface area contributed by atoms with Gasteiger partial charge in [0.2, 0.25) is 5.91 Å². The molecule has 4 rings (SSSR count). The van der Waals surface area contributed by atoms with Gasteiger partial charge in [-0.25, -0.2) is 9.20 Å². The summed E-state index contributed by atoms with van der Waals surface area (Å²) in [4.78, 5) is 25.1. The summed E-state index contributed by atoms with van der Waals surface area (Å²) in [5.41, 5.74) is 3.77. The van der Waals surface area contributed by atoms with Crippen LogP contribution >= 0.6 is 0 Å². The van der Waals surface area contributed by atoms with Gasteiger partial charge in [0.05, 0.1) is 12.8 Å². The van der Waals surface area contributed by atoms with Crippen LogP contribution in [0, 0.1) is 0 Å². The summed E-state index contributed by atoms with van der Waals surface area (Å²) in [6, 6.07) is 17.2. The molecule has 0 atom stereocenters. The Bertz CT molecular complexity index is 1260. The molecule has 2 heterocycles. The first-order valence-corrected chi connectivity index (χ1v) is 10.0. The molecule has 158 valence electrons. The Morgan fingerprint density at radius 3 is 2.45 bits per heavy atom. The van der Waals surface area contributed by atoms with E-state index in [1.165, 1.54) is 16.4 Å². The van der Waals surface area contributed by atoms with E-state index in [1.54, 1.807) is 13.2 Å². The van der Waals surface area contributed by atoms with Crippen LogP contribution in [0.1, 0.15) is 18.1 Å². The van der Waals surface area contributed by atoms with Gasteiger partial charge < -0.3 is 10.1 Å². The highest BCUT2D eigenvalue weighted by Crippen LogP contribution is 2.19. The average molecular weight is 417 g/mol. The second kappa shape index (κ2) is 8.83. The molecule has 2 aromatic heterocycles. The van der Waals surface area contributed by atoms with Crippen molar-refractivity contribution in [1.82, 2.24) is 24.7 Å². The summed E-state index contributed by atoms with van der Waals surface area (Å²) < 4.78 is 7.71. The molecular weight excluding hydrogens is 394 g/mol. The van der Waals surface area contributed by atoms with Gasteiger partial charge in [-0.3, -0.25) is 9.59 Å². The minimum absolute atomic E-state index is 0.169. The Hall–Kier alpha value is -3.94. The lowest BCUT2D eigenvalue weighted by molar-refractivity contribution is -0.122. The highest BCUT2D eigenvalue weighted by Gasteiger charge is 2.12. The van der Waals surface area contributed by atoms with Crippen LogP contribution < -0.4 is 15.6 Å². The maximum Gasteiger partial charge on any atom is 0.293 e. The van der Waals surface area contributed by atoms with Crippen LogP contribution in [0.2, 0.25) is 0 Å². The Balaban J connectivity index is 1.47. The molecular formula is C23H23N5O3. The van der Waals surface area contributed by atoms with Crippen LogP contribution in [0.4, 0.5) is 0 Å². The van der Waals surface area contributed by atoms with Gasteiger partial charge in [-0.1, -0.05) is 43.3 Å². The monoisotopic (exact) mass is 417 g/mol. The summed E-state index contributed by atoms with van der Waals surface area (Å²) in [5, 5.41) is 11.3. The molecule has 0 aliphatic rings. The smallest absolute Gasteiger partial charge is 0.293 e. The molecule has 8 heteroatoms. The molecule has 1 amide bonds. The predicted molar refractivity (Wildman–Crippen MR) is 117 cm³/mol. The molecule has 0 radical (unpaired) electrons. The van der Waals surface area contributed by atoms with E-state index in [0.29, 0.717) is 17.8 Å². The Morgan fingerprint density at radius 2 is 1.77 bits per heavy atom. The van der Waals surface area contributed by atoms with E-state index in [2.05, 4.69) is 22.4 Å². The molecule has 0 spiro atoms. The van der Waals surface area contributed by atoms with Crippen LogP contribution in [0.3, 0.4) is 0 Å². The van der Waals surface area contributed by atoms with Crippen molar-refractivity contribution in [3.63, 3.8) is 0 Å². The van der Waals surface area contributed by atoms with Crippen molar-refractivity contribution in [2.45, 2.75) is 26.4 Å². The molecule has 8 nitrogen and oxygen atoms in total. The van der Waals surface area contributed by atoms with E-state index < -0.39 is 0 Å². The summed E-state index contributed by atoms with van der Waals surface area (Å²) >= 11 is 0. The van der Waals surface area contributed by atoms with Crippen molar-refractivity contribution in [2.24, 2.45) is 0 Å². The van der Waals surface area contributed by atoms with E-state index in [4.69, 9.17) is 4.74 Å². The SMILES string of the molecule is CCc1ccc(-c2cc3c(=O)n(CC(=O)NCc4ccc(OC)cc4)ncn3n2)cc1. The Morgan fingerprint density at radius 1 is 1.06 bits per heavy atom. The molecule has 0 fully saturated rings. The number of nitrogens with one attached hydrogen (secondary N) is 1. The molecule has 31 heavy (non-hydrogen) atoms. The van der Waals surface area contributed by atoms with Crippen molar-refractivity contribution in [1.29, 1.82) is 0 Å². The molecule has 0 aliphatic carbocycles. The largest absolute Gasteiger partial charge is 0.497 e. The highest BCUT2D eigenvalue weighted by atomic mass is 16.5. The minimum atomic E-state index is -0.369. The van der Waals surface area contributed by atoms with E-state index >= 15 is 0 Å². The van der Waals surface area contributed by atoms with Gasteiger partial charge in [0.15, 0.2) is 0 Å². The second-order valence-corrected chi connectivity index (χ2v) is 7.13. The van der Waals surface area contributed by atoms with Crippen molar-refractivity contribution >= 4 is 11.4 Å². The summed E-state index contributed by atoms with van der Waals surface area (Å²) in [7, 11) is 1.60. The number of rotatable bonds is 7. The fourth-order valence-electron chi connectivity index (χ4n) is 3.24. The molecule has 4 aromatic rings. The van der Waals surface area contributed by atoms with E-state index in [9.17, 15) is 9.59 Å². The molecule has 2 aromatic carbocycles. The predicted octanol–water partition coefficient (Wildman–Crippen LogP) is 2.45. The minimum Gasteiger partial charge on any atom is -0.497 e. The number of amides is 1. The van der Waals surface area contributed by atoms with Crippen LogP contribution in [0.5, 0.6) is 5.75 Å². The van der Waals surface area contributed by atoms with E-state index in [-0.39, 0.29) is 18.0 Å². The van der Waals surface area contributed by atoms with Gasteiger partial charge in [0.25, 0.3) is 5.56 Å². The fraction of sp³-hybridized carbons (Fsp3) is 0.217. The number of carbonyl (C=O) groups is 1. The van der Waals surface area contributed by atoms with Crippen LogP contribution in [-0.4, -0.2) is 32.4 Å². The maximum atomic E-state index is 12.8. The number of ether oxygens (including phenoxy) is 1. The van der Waals surface area contributed by atoms with Gasteiger partial charge in [0.1, 0.15) is 24.1 Å². The topological polar surface area (TPSA) is 90.5 Å². The van der Waals surface area contributed by atoms with Gasteiger partial charge in [0, 0.05) is 12.1 Å². The normalized spacial score (nSPS) is 10.9. The van der Waals surface area contributed by atoms with Crippen molar-refractivity contribution in [3.8, 4) is 17.0 Å². The number of carbonyl (C=O) groups excluding carboxylic acids is 1. The summed E-state index contributed by atoms with van der Waals surface area (Å²) in [6.07, 6.45) is 2.40. The fourth-order valence-corrected chi connectivity index (χ4v) is 3.24. The summed E-state index contributed by atoms with van der Waals surface area (Å²) in [6.45, 7) is 2.28. The van der Waals surface area contributed by atoms with Crippen LogP contribution in [-0.2, 0) is 24.3 Å². The number of aryl methyl sites for hydroxylation is 1. The number of nitrogens with zero attached hydrogens (tertiary/aromatic N) is 4. The lowest BCUT2D eigenvalue weighted by Crippen LogP contribution is -2.34. The highest BCUT2D eigenvalue weighted by molar-refractivity contribution is 5.75. The van der Waals surface area contributed by atoms with Gasteiger partial charge >= 0.3 is 0 Å². The molecule has 0 aliphatic heterocycles. The Labute approximate surface area is 179 Å². The zero-order chi connectivity index (χ0) is 21.8. The third-order valence-corrected chi connectivity index (χ3v) is 5.09. The van der Waals surface area contributed by atoms with Gasteiger partial charge in [-0.2, -0.15) is 10.2 Å². The first-order valence-electron chi connectivity index (χ1n) is 10.0. The quantitative estimate of drug-likeness (QED) is 0.499. The van der Waals surface area contributed by atoms with Crippen molar-refractivity contribution in [2.75, 3.05) is 7.11 Å². The molecule has 0 saturated carbocycles. The standard InChI is InChI=1S/C23H23N5O3/c1-3-16-4-8-18(9-5-16)20-12-21-23(30)27(25-15-28(21)26-20)14-22(29)24-13-17-6-10-19(31-2)11-7-17/h4-12,15H,3,13-14H2,1-2H3,(H,24,29). The number of fused-ring (bicyclic) bond motifs is 1. The molecule has 1 N–H and O–H groups in total.